The van der Waals surface area contributed by atoms with Crippen molar-refractivity contribution in [1.82, 2.24) is 0 Å². The molecule has 0 radical (unpaired) electrons. The first kappa shape index (κ1) is 15.9. The zero-order valence-electron chi connectivity index (χ0n) is 14.8. The number of hydrogen-bond acceptors (Lipinski definition) is 2. The molecule has 130 valence electrons. The van der Waals surface area contributed by atoms with E-state index >= 15 is 0 Å². The third-order valence-electron chi connectivity index (χ3n) is 5.28. The van der Waals surface area contributed by atoms with Gasteiger partial charge in [0.2, 0.25) is 0 Å². The maximum absolute atomic E-state index is 12.1. The van der Waals surface area contributed by atoms with Crippen LogP contribution in [0.1, 0.15) is 16.7 Å². The van der Waals surface area contributed by atoms with Gasteiger partial charge in [-0.2, -0.15) is 0 Å². The predicted octanol–water partition coefficient (Wildman–Crippen LogP) is 5.75. The van der Waals surface area contributed by atoms with Crippen LogP contribution in [0.3, 0.4) is 0 Å². The van der Waals surface area contributed by atoms with Gasteiger partial charge in [0, 0.05) is 16.8 Å². The Hall–Kier alpha value is -3.36. The van der Waals surface area contributed by atoms with Crippen molar-refractivity contribution in [2.45, 2.75) is 5.60 Å². The number of nitrogens with zero attached hydrogens (tertiary/aromatic N) is 1. The summed E-state index contributed by atoms with van der Waals surface area (Å²) in [5.41, 5.74) is 4.52. The number of para-hydroxylation sites is 3. The lowest BCUT2D eigenvalue weighted by atomic mass is 9.76. The quantitative estimate of drug-likeness (QED) is 0.498. The molecule has 0 saturated heterocycles. The molecule has 0 aromatic heterocycles. The highest BCUT2D eigenvalue weighted by Gasteiger charge is 2.43. The first-order valence-corrected chi connectivity index (χ1v) is 9.12. The van der Waals surface area contributed by atoms with Gasteiger partial charge in [-0.1, -0.05) is 84.9 Å². The lowest BCUT2D eigenvalue weighted by Crippen LogP contribution is -2.36. The summed E-state index contributed by atoms with van der Waals surface area (Å²) in [5.74, 6) is 0. The van der Waals surface area contributed by atoms with E-state index in [1.54, 1.807) is 0 Å². The molecule has 0 unspecified atom stereocenters. The van der Waals surface area contributed by atoms with Gasteiger partial charge in [-0.3, -0.25) is 0 Å². The van der Waals surface area contributed by atoms with Gasteiger partial charge in [0.25, 0.3) is 0 Å². The molecule has 5 rings (SSSR count). The van der Waals surface area contributed by atoms with Crippen molar-refractivity contribution in [1.29, 1.82) is 0 Å². The minimum absolute atomic E-state index is 0.873. The molecule has 1 aliphatic rings. The van der Waals surface area contributed by atoms with Crippen LogP contribution >= 0.6 is 0 Å². The van der Waals surface area contributed by atoms with Crippen LogP contribution in [0.25, 0.3) is 0 Å². The third kappa shape index (κ3) is 2.31. The summed E-state index contributed by atoms with van der Waals surface area (Å²) in [6.45, 7) is 0. The fraction of sp³-hybridized carbons (Fsp3) is 0.0400. The Balaban J connectivity index is 1.86. The van der Waals surface area contributed by atoms with Crippen molar-refractivity contribution < 1.29 is 5.11 Å². The number of hydrogen-bond donors (Lipinski definition) is 1. The van der Waals surface area contributed by atoms with Gasteiger partial charge in [0.15, 0.2) is 0 Å². The third-order valence-corrected chi connectivity index (χ3v) is 5.28. The lowest BCUT2D eigenvalue weighted by Gasteiger charge is -2.42. The number of benzene rings is 4. The molecule has 0 bridgehead atoms. The standard InChI is InChI=1S/C25H19NO/c27-25(19-11-3-1-4-12-19)21-15-7-9-17-23(21)26(20-13-5-2-6-14-20)24-18-10-8-16-22(24)25/h1-18,27H. The molecule has 0 fully saturated rings. The summed E-state index contributed by atoms with van der Waals surface area (Å²) < 4.78 is 0. The monoisotopic (exact) mass is 349 g/mol. The molecule has 0 aliphatic carbocycles. The Morgan fingerprint density at radius 3 is 1.52 bits per heavy atom. The van der Waals surface area contributed by atoms with Crippen molar-refractivity contribution in [3.05, 3.63) is 126 Å². The first-order chi connectivity index (χ1) is 13.3. The predicted molar refractivity (Wildman–Crippen MR) is 110 cm³/mol. The molecule has 1 N–H and O–H groups in total. The van der Waals surface area contributed by atoms with Crippen LogP contribution in [0, 0.1) is 0 Å². The van der Waals surface area contributed by atoms with Crippen LogP contribution in [0.5, 0.6) is 0 Å². The average Bonchev–Trinajstić information content (AvgIpc) is 2.75. The minimum Gasteiger partial charge on any atom is -0.376 e. The highest BCUT2D eigenvalue weighted by molar-refractivity contribution is 5.86. The van der Waals surface area contributed by atoms with Gasteiger partial charge in [-0.05, 0) is 29.8 Å². The van der Waals surface area contributed by atoms with E-state index in [2.05, 4.69) is 29.2 Å². The zero-order valence-corrected chi connectivity index (χ0v) is 14.8. The van der Waals surface area contributed by atoms with E-state index in [9.17, 15) is 5.11 Å². The summed E-state index contributed by atoms with van der Waals surface area (Å²) >= 11 is 0. The van der Waals surface area contributed by atoms with Crippen molar-refractivity contribution in [2.75, 3.05) is 4.90 Å². The smallest absolute Gasteiger partial charge is 0.144 e. The second-order valence-electron chi connectivity index (χ2n) is 6.78. The van der Waals surface area contributed by atoms with E-state index in [0.717, 1.165) is 33.8 Å². The summed E-state index contributed by atoms with van der Waals surface area (Å²) in [6.07, 6.45) is 0. The zero-order chi connectivity index (χ0) is 18.3. The second-order valence-corrected chi connectivity index (χ2v) is 6.78. The second kappa shape index (κ2) is 6.11. The number of rotatable bonds is 2. The number of anilines is 3. The summed E-state index contributed by atoms with van der Waals surface area (Å²) in [6, 6.07) is 36.4. The Morgan fingerprint density at radius 2 is 0.963 bits per heavy atom. The average molecular weight is 349 g/mol. The molecular weight excluding hydrogens is 330 g/mol. The Bertz CT molecular complexity index is 1040. The van der Waals surface area contributed by atoms with Gasteiger partial charge in [-0.25, -0.2) is 0 Å². The van der Waals surface area contributed by atoms with Crippen molar-refractivity contribution in [3.8, 4) is 0 Å². The SMILES string of the molecule is OC1(c2ccccc2)c2ccccc2N(c2ccccc2)c2ccccc21. The summed E-state index contributed by atoms with van der Waals surface area (Å²) in [4.78, 5) is 2.22. The van der Waals surface area contributed by atoms with E-state index < -0.39 is 5.60 Å². The number of aliphatic hydroxyl groups is 1. The molecule has 27 heavy (non-hydrogen) atoms. The van der Waals surface area contributed by atoms with Crippen LogP contribution in [-0.4, -0.2) is 5.11 Å². The highest BCUT2D eigenvalue weighted by Crippen LogP contribution is 2.53. The minimum atomic E-state index is -1.19. The Labute approximate surface area is 159 Å². The van der Waals surface area contributed by atoms with Gasteiger partial charge in [0.1, 0.15) is 5.60 Å². The van der Waals surface area contributed by atoms with Gasteiger partial charge < -0.3 is 10.0 Å². The van der Waals surface area contributed by atoms with E-state index in [0.29, 0.717) is 0 Å². The topological polar surface area (TPSA) is 23.5 Å². The summed E-state index contributed by atoms with van der Waals surface area (Å²) in [5, 5.41) is 12.1. The first-order valence-electron chi connectivity index (χ1n) is 9.12. The molecule has 1 heterocycles. The molecule has 4 aromatic carbocycles. The van der Waals surface area contributed by atoms with Crippen LogP contribution in [0.4, 0.5) is 17.1 Å². The lowest BCUT2D eigenvalue weighted by molar-refractivity contribution is 0.125. The van der Waals surface area contributed by atoms with E-state index in [1.165, 1.54) is 0 Å². The Kier molecular flexibility index (Phi) is 3.59. The molecule has 0 atom stereocenters. The van der Waals surface area contributed by atoms with Gasteiger partial charge >= 0.3 is 0 Å². The van der Waals surface area contributed by atoms with Crippen LogP contribution in [-0.2, 0) is 5.60 Å². The van der Waals surface area contributed by atoms with Crippen LogP contribution in [0.15, 0.2) is 109 Å². The van der Waals surface area contributed by atoms with E-state index in [1.807, 2.05) is 84.9 Å². The molecule has 1 aliphatic heterocycles. The molecule has 0 amide bonds. The van der Waals surface area contributed by atoms with Crippen LogP contribution < -0.4 is 4.90 Å². The molecular formula is C25H19NO. The van der Waals surface area contributed by atoms with Crippen molar-refractivity contribution in [2.24, 2.45) is 0 Å². The van der Waals surface area contributed by atoms with Crippen LogP contribution in [0.2, 0.25) is 0 Å². The van der Waals surface area contributed by atoms with E-state index in [4.69, 9.17) is 0 Å². The molecule has 4 aromatic rings. The molecule has 2 nitrogen and oxygen atoms in total. The normalized spacial score (nSPS) is 14.3. The molecule has 0 spiro atoms. The largest absolute Gasteiger partial charge is 0.376 e. The summed E-state index contributed by atoms with van der Waals surface area (Å²) in [7, 11) is 0. The maximum atomic E-state index is 12.1. The fourth-order valence-corrected chi connectivity index (χ4v) is 4.07. The maximum Gasteiger partial charge on any atom is 0.144 e. The molecule has 2 heteroatoms. The fourth-order valence-electron chi connectivity index (χ4n) is 4.07. The molecule has 0 saturated carbocycles. The van der Waals surface area contributed by atoms with Crippen molar-refractivity contribution in [3.63, 3.8) is 0 Å². The van der Waals surface area contributed by atoms with E-state index in [-0.39, 0.29) is 0 Å². The highest BCUT2D eigenvalue weighted by atomic mass is 16.3. The van der Waals surface area contributed by atoms with Gasteiger partial charge in [-0.15, -0.1) is 0 Å². The Morgan fingerprint density at radius 1 is 0.519 bits per heavy atom. The number of fused-ring (bicyclic) bond motifs is 2. The van der Waals surface area contributed by atoms with Crippen molar-refractivity contribution >= 4 is 17.1 Å². The van der Waals surface area contributed by atoms with Gasteiger partial charge in [0.05, 0.1) is 11.4 Å².